The molecule has 114 valence electrons. The van der Waals surface area contributed by atoms with E-state index in [0.717, 1.165) is 24.6 Å². The standard InChI is InChI=1S/C17H16F2N2O/c1-11-2-3-12(9-20-11)17(22)21(15-6-7-15)10-13-4-5-14(18)8-16(13)19/h2-5,8-9,15H,6-7,10H2,1H3. The molecule has 1 fully saturated rings. The number of rotatable bonds is 4. The quantitative estimate of drug-likeness (QED) is 0.866. The summed E-state index contributed by atoms with van der Waals surface area (Å²) < 4.78 is 26.8. The highest BCUT2D eigenvalue weighted by molar-refractivity contribution is 5.94. The maximum absolute atomic E-state index is 13.8. The fourth-order valence-corrected chi connectivity index (χ4v) is 2.35. The smallest absolute Gasteiger partial charge is 0.255 e. The number of aromatic nitrogens is 1. The van der Waals surface area contributed by atoms with Crippen LogP contribution in [0.15, 0.2) is 36.5 Å². The molecule has 3 nitrogen and oxygen atoms in total. The van der Waals surface area contributed by atoms with Crippen molar-refractivity contribution in [2.75, 3.05) is 0 Å². The van der Waals surface area contributed by atoms with Crippen molar-refractivity contribution in [3.05, 3.63) is 65.0 Å². The van der Waals surface area contributed by atoms with Gasteiger partial charge in [0.15, 0.2) is 0 Å². The molecule has 2 aromatic rings. The van der Waals surface area contributed by atoms with Crippen LogP contribution < -0.4 is 0 Å². The van der Waals surface area contributed by atoms with Crippen LogP contribution in [-0.4, -0.2) is 21.8 Å². The van der Waals surface area contributed by atoms with E-state index in [1.807, 2.05) is 6.92 Å². The summed E-state index contributed by atoms with van der Waals surface area (Å²) in [5.74, 6) is -1.41. The minimum Gasteiger partial charge on any atom is -0.331 e. The van der Waals surface area contributed by atoms with Crippen molar-refractivity contribution in [1.29, 1.82) is 0 Å². The lowest BCUT2D eigenvalue weighted by atomic mass is 10.1. The van der Waals surface area contributed by atoms with Crippen molar-refractivity contribution in [3.8, 4) is 0 Å². The Hall–Kier alpha value is -2.30. The van der Waals surface area contributed by atoms with E-state index in [-0.39, 0.29) is 18.5 Å². The zero-order chi connectivity index (χ0) is 15.7. The fraction of sp³-hybridized carbons (Fsp3) is 0.294. The molecule has 0 atom stereocenters. The maximum Gasteiger partial charge on any atom is 0.255 e. The lowest BCUT2D eigenvalue weighted by Crippen LogP contribution is -2.33. The Kier molecular flexibility index (Phi) is 3.88. The van der Waals surface area contributed by atoms with E-state index in [9.17, 15) is 13.6 Å². The van der Waals surface area contributed by atoms with Gasteiger partial charge in [0, 0.05) is 36.1 Å². The van der Waals surface area contributed by atoms with Gasteiger partial charge in [0.05, 0.1) is 5.56 Å². The molecule has 1 saturated carbocycles. The van der Waals surface area contributed by atoms with Crippen molar-refractivity contribution < 1.29 is 13.6 Å². The summed E-state index contributed by atoms with van der Waals surface area (Å²) in [5.41, 5.74) is 1.64. The molecule has 0 bridgehead atoms. The highest BCUT2D eigenvalue weighted by atomic mass is 19.1. The van der Waals surface area contributed by atoms with E-state index >= 15 is 0 Å². The molecule has 1 heterocycles. The first kappa shape index (κ1) is 14.6. The SMILES string of the molecule is Cc1ccc(C(=O)N(Cc2ccc(F)cc2F)C2CC2)cn1. The first-order valence-corrected chi connectivity index (χ1v) is 7.22. The summed E-state index contributed by atoms with van der Waals surface area (Å²) in [5, 5.41) is 0. The highest BCUT2D eigenvalue weighted by Gasteiger charge is 2.33. The first-order chi connectivity index (χ1) is 10.5. The van der Waals surface area contributed by atoms with Crippen molar-refractivity contribution in [1.82, 2.24) is 9.88 Å². The maximum atomic E-state index is 13.8. The molecule has 5 heteroatoms. The summed E-state index contributed by atoms with van der Waals surface area (Å²) in [7, 11) is 0. The summed E-state index contributed by atoms with van der Waals surface area (Å²) in [4.78, 5) is 18.4. The Labute approximate surface area is 127 Å². The number of hydrogen-bond acceptors (Lipinski definition) is 2. The zero-order valence-electron chi connectivity index (χ0n) is 12.2. The van der Waals surface area contributed by atoms with Gasteiger partial charge in [-0.1, -0.05) is 6.07 Å². The Bertz CT molecular complexity index is 696. The van der Waals surface area contributed by atoms with Crippen molar-refractivity contribution in [3.63, 3.8) is 0 Å². The molecule has 1 aromatic carbocycles. The van der Waals surface area contributed by atoms with E-state index in [4.69, 9.17) is 0 Å². The average Bonchev–Trinajstić information content (AvgIpc) is 3.31. The second-order valence-electron chi connectivity index (χ2n) is 5.59. The summed E-state index contributed by atoms with van der Waals surface area (Å²) in [6.07, 6.45) is 3.36. The first-order valence-electron chi connectivity index (χ1n) is 7.22. The van der Waals surface area contributed by atoms with Crippen LogP contribution in [0.4, 0.5) is 8.78 Å². The fourth-order valence-electron chi connectivity index (χ4n) is 2.35. The van der Waals surface area contributed by atoms with Gasteiger partial charge in [-0.25, -0.2) is 8.78 Å². The number of nitrogens with zero attached hydrogens (tertiary/aromatic N) is 2. The lowest BCUT2D eigenvalue weighted by Gasteiger charge is -2.23. The van der Waals surface area contributed by atoms with Gasteiger partial charge in [-0.3, -0.25) is 9.78 Å². The highest BCUT2D eigenvalue weighted by Crippen LogP contribution is 2.30. The van der Waals surface area contributed by atoms with Crippen molar-refractivity contribution in [2.45, 2.75) is 32.4 Å². The normalized spacial score (nSPS) is 14.0. The van der Waals surface area contributed by atoms with Crippen LogP contribution in [0, 0.1) is 18.6 Å². The summed E-state index contributed by atoms with van der Waals surface area (Å²) in [6.45, 7) is 1.99. The topological polar surface area (TPSA) is 33.2 Å². The van der Waals surface area contributed by atoms with Gasteiger partial charge in [0.1, 0.15) is 11.6 Å². The summed E-state index contributed by atoms with van der Waals surface area (Å²) >= 11 is 0. The Balaban J connectivity index is 1.83. The number of halogens is 2. The van der Waals surface area contributed by atoms with E-state index < -0.39 is 11.6 Å². The molecular weight excluding hydrogens is 286 g/mol. The monoisotopic (exact) mass is 302 g/mol. The Morgan fingerprint density at radius 2 is 2.05 bits per heavy atom. The minimum atomic E-state index is -0.625. The summed E-state index contributed by atoms with van der Waals surface area (Å²) in [6, 6.07) is 7.07. The largest absolute Gasteiger partial charge is 0.331 e. The van der Waals surface area contributed by atoms with Crippen molar-refractivity contribution >= 4 is 5.91 Å². The van der Waals surface area contributed by atoms with Crippen LogP contribution in [-0.2, 0) is 6.54 Å². The molecule has 3 rings (SSSR count). The third-order valence-corrected chi connectivity index (χ3v) is 3.76. The Morgan fingerprint density at radius 3 is 2.64 bits per heavy atom. The number of benzene rings is 1. The molecule has 1 aromatic heterocycles. The third-order valence-electron chi connectivity index (χ3n) is 3.76. The molecule has 0 radical (unpaired) electrons. The van der Waals surface area contributed by atoms with Gasteiger partial charge in [0.25, 0.3) is 5.91 Å². The van der Waals surface area contributed by atoms with Crippen LogP contribution >= 0.6 is 0 Å². The molecular formula is C17H16F2N2O. The van der Waals surface area contributed by atoms with E-state index in [1.165, 1.54) is 18.3 Å². The van der Waals surface area contributed by atoms with E-state index in [1.54, 1.807) is 17.0 Å². The second-order valence-corrected chi connectivity index (χ2v) is 5.59. The molecule has 0 N–H and O–H groups in total. The van der Waals surface area contributed by atoms with E-state index in [2.05, 4.69) is 4.98 Å². The van der Waals surface area contributed by atoms with Crippen LogP contribution in [0.1, 0.15) is 34.5 Å². The van der Waals surface area contributed by atoms with Gasteiger partial charge in [-0.05, 0) is 38.0 Å². The average molecular weight is 302 g/mol. The van der Waals surface area contributed by atoms with Gasteiger partial charge in [-0.2, -0.15) is 0 Å². The number of aryl methyl sites for hydroxylation is 1. The molecule has 1 amide bonds. The molecule has 1 aliphatic carbocycles. The van der Waals surface area contributed by atoms with Crippen LogP contribution in [0.2, 0.25) is 0 Å². The van der Waals surface area contributed by atoms with Crippen LogP contribution in [0.3, 0.4) is 0 Å². The number of pyridine rings is 1. The van der Waals surface area contributed by atoms with E-state index in [0.29, 0.717) is 11.1 Å². The van der Waals surface area contributed by atoms with Crippen LogP contribution in [0.5, 0.6) is 0 Å². The Morgan fingerprint density at radius 1 is 1.27 bits per heavy atom. The van der Waals surface area contributed by atoms with Crippen LogP contribution in [0.25, 0.3) is 0 Å². The molecule has 0 unspecified atom stereocenters. The number of hydrogen-bond donors (Lipinski definition) is 0. The molecule has 0 aliphatic heterocycles. The van der Waals surface area contributed by atoms with Crippen molar-refractivity contribution in [2.24, 2.45) is 0 Å². The molecule has 22 heavy (non-hydrogen) atoms. The number of carbonyl (C=O) groups is 1. The number of amides is 1. The lowest BCUT2D eigenvalue weighted by molar-refractivity contribution is 0.0728. The predicted octanol–water partition coefficient (Wildman–Crippen LogP) is 3.47. The predicted molar refractivity (Wildman–Crippen MR) is 78.2 cm³/mol. The van der Waals surface area contributed by atoms with Gasteiger partial charge in [0.2, 0.25) is 0 Å². The van der Waals surface area contributed by atoms with Gasteiger partial charge < -0.3 is 4.90 Å². The molecule has 0 spiro atoms. The van der Waals surface area contributed by atoms with Gasteiger partial charge in [-0.15, -0.1) is 0 Å². The minimum absolute atomic E-state index is 0.123. The molecule has 1 aliphatic rings. The second kappa shape index (κ2) is 5.83. The molecule has 0 saturated heterocycles. The zero-order valence-corrected chi connectivity index (χ0v) is 12.2. The number of carbonyl (C=O) groups excluding carboxylic acids is 1. The third kappa shape index (κ3) is 3.13. The van der Waals surface area contributed by atoms with Gasteiger partial charge >= 0.3 is 0 Å².